The van der Waals surface area contributed by atoms with Crippen molar-refractivity contribution in [3.05, 3.63) is 0 Å². The van der Waals surface area contributed by atoms with Gasteiger partial charge in [-0.3, -0.25) is 9.69 Å². The number of nitrogens with two attached hydrogens (primary N) is 1. The summed E-state index contributed by atoms with van der Waals surface area (Å²) >= 11 is 0. The van der Waals surface area contributed by atoms with E-state index in [1.54, 1.807) is 0 Å². The zero-order valence-corrected chi connectivity index (χ0v) is 10.7. The highest BCUT2D eigenvalue weighted by Gasteiger charge is 2.26. The van der Waals surface area contributed by atoms with Crippen LogP contribution in [-0.4, -0.2) is 42.7 Å². The Labute approximate surface area is 93.4 Å². The summed E-state index contributed by atoms with van der Waals surface area (Å²) in [7, 11) is 3.37. The van der Waals surface area contributed by atoms with E-state index in [0.29, 0.717) is 0 Å². The number of carbonyl (C=O) groups is 1. The lowest BCUT2D eigenvalue weighted by molar-refractivity contribution is -0.144. The molecule has 0 aromatic heterocycles. The molecule has 0 heterocycles. The number of hydrogen-bond acceptors (Lipinski definition) is 3. The summed E-state index contributed by atoms with van der Waals surface area (Å²) in [5.41, 5.74) is 4.50. The van der Waals surface area contributed by atoms with Crippen LogP contribution in [0.3, 0.4) is 0 Å². The van der Waals surface area contributed by atoms with Gasteiger partial charge >= 0.3 is 5.97 Å². The Morgan fingerprint density at radius 2 is 1.87 bits per heavy atom. The zero-order valence-electron chi connectivity index (χ0n) is 10.7. The van der Waals surface area contributed by atoms with Gasteiger partial charge in [0.1, 0.15) is 6.04 Å². The fourth-order valence-corrected chi connectivity index (χ4v) is 1.68. The van der Waals surface area contributed by atoms with Crippen LogP contribution in [0.5, 0.6) is 0 Å². The van der Waals surface area contributed by atoms with Crippen molar-refractivity contribution in [2.45, 2.75) is 39.7 Å². The van der Waals surface area contributed by atoms with Crippen LogP contribution in [0.15, 0.2) is 0 Å². The molecular formula is C11H26N2O2. The minimum atomic E-state index is -0.703. The third-order valence-corrected chi connectivity index (χ3v) is 2.51. The largest absolute Gasteiger partial charge is 0.480 e. The van der Waals surface area contributed by atoms with Crippen molar-refractivity contribution in [1.82, 2.24) is 4.90 Å². The van der Waals surface area contributed by atoms with E-state index in [4.69, 9.17) is 5.11 Å². The van der Waals surface area contributed by atoms with E-state index >= 15 is 0 Å². The molecule has 0 bridgehead atoms. The number of rotatable bonds is 6. The Kier molecular flexibility index (Phi) is 11.1. The van der Waals surface area contributed by atoms with E-state index in [1.807, 2.05) is 25.8 Å². The maximum Gasteiger partial charge on any atom is 0.321 e. The van der Waals surface area contributed by atoms with Crippen LogP contribution in [0.1, 0.15) is 33.6 Å². The Balaban J connectivity index is 0. The predicted octanol–water partition coefficient (Wildman–Crippen LogP) is 1.40. The topological polar surface area (TPSA) is 66.6 Å². The van der Waals surface area contributed by atoms with Gasteiger partial charge in [-0.15, -0.1) is 0 Å². The number of likely N-dealkylation sites (N-methyl/N-ethyl adjacent to an activating group) is 1. The number of hydrogen-bond donors (Lipinski definition) is 2. The van der Waals surface area contributed by atoms with E-state index in [0.717, 1.165) is 19.4 Å². The summed E-state index contributed by atoms with van der Waals surface area (Å²) < 4.78 is 0. The molecular weight excluding hydrogens is 192 g/mol. The van der Waals surface area contributed by atoms with Gasteiger partial charge in [0.25, 0.3) is 0 Å². The Morgan fingerprint density at radius 1 is 1.40 bits per heavy atom. The van der Waals surface area contributed by atoms with Crippen LogP contribution in [-0.2, 0) is 4.79 Å². The molecule has 4 nitrogen and oxygen atoms in total. The van der Waals surface area contributed by atoms with Crippen molar-refractivity contribution in [2.75, 3.05) is 20.6 Å². The van der Waals surface area contributed by atoms with Crippen molar-refractivity contribution in [3.8, 4) is 0 Å². The molecule has 0 fully saturated rings. The molecule has 0 spiro atoms. The lowest BCUT2D eigenvalue weighted by Crippen LogP contribution is -2.43. The third kappa shape index (κ3) is 6.47. The molecule has 0 saturated heterocycles. The van der Waals surface area contributed by atoms with Gasteiger partial charge in [-0.2, -0.15) is 0 Å². The first kappa shape index (κ1) is 16.8. The highest BCUT2D eigenvalue weighted by atomic mass is 16.4. The van der Waals surface area contributed by atoms with Gasteiger partial charge in [0.2, 0.25) is 0 Å². The monoisotopic (exact) mass is 218 g/mol. The Morgan fingerprint density at radius 3 is 2.13 bits per heavy atom. The molecule has 0 rings (SSSR count). The van der Waals surface area contributed by atoms with Gasteiger partial charge in [-0.05, 0) is 33.0 Å². The first-order chi connectivity index (χ1) is 7.04. The highest BCUT2D eigenvalue weighted by Crippen LogP contribution is 2.15. The van der Waals surface area contributed by atoms with Crippen LogP contribution < -0.4 is 5.73 Å². The molecule has 0 aromatic carbocycles. The van der Waals surface area contributed by atoms with Crippen molar-refractivity contribution < 1.29 is 9.90 Å². The SMILES string of the molecule is CCCC(C)C(C(=O)O)N(C)CC.CN. The second-order valence-corrected chi connectivity index (χ2v) is 3.62. The van der Waals surface area contributed by atoms with Crippen LogP contribution in [0, 0.1) is 5.92 Å². The lowest BCUT2D eigenvalue weighted by Gasteiger charge is -2.28. The quantitative estimate of drug-likeness (QED) is 0.707. The van der Waals surface area contributed by atoms with Crippen LogP contribution in [0.25, 0.3) is 0 Å². The molecule has 0 aliphatic carbocycles. The molecule has 4 heteroatoms. The fraction of sp³-hybridized carbons (Fsp3) is 0.909. The van der Waals surface area contributed by atoms with Crippen molar-refractivity contribution in [2.24, 2.45) is 11.7 Å². The van der Waals surface area contributed by atoms with E-state index in [1.165, 1.54) is 7.05 Å². The van der Waals surface area contributed by atoms with E-state index in [2.05, 4.69) is 12.7 Å². The maximum absolute atomic E-state index is 11.0. The highest BCUT2D eigenvalue weighted by molar-refractivity contribution is 5.73. The van der Waals surface area contributed by atoms with Gasteiger partial charge in [-0.25, -0.2) is 0 Å². The van der Waals surface area contributed by atoms with Crippen molar-refractivity contribution in [3.63, 3.8) is 0 Å². The average Bonchev–Trinajstić information content (AvgIpc) is 2.20. The molecule has 0 aromatic rings. The number of aliphatic carboxylic acids is 1. The number of carboxylic acid groups (broad SMARTS) is 1. The second kappa shape index (κ2) is 9.93. The average molecular weight is 218 g/mol. The molecule has 0 aliphatic rings. The van der Waals surface area contributed by atoms with E-state index in [9.17, 15) is 4.79 Å². The van der Waals surface area contributed by atoms with Crippen LogP contribution in [0.2, 0.25) is 0 Å². The summed E-state index contributed by atoms with van der Waals surface area (Å²) in [5, 5.41) is 9.03. The molecule has 0 radical (unpaired) electrons. The van der Waals surface area contributed by atoms with Crippen LogP contribution in [0.4, 0.5) is 0 Å². The Bertz CT molecular complexity index is 163. The smallest absolute Gasteiger partial charge is 0.321 e. The maximum atomic E-state index is 11.0. The minimum Gasteiger partial charge on any atom is -0.480 e. The number of nitrogens with zero attached hydrogens (tertiary/aromatic N) is 1. The summed E-state index contributed by atoms with van der Waals surface area (Å²) in [6.07, 6.45) is 2.02. The predicted molar refractivity (Wildman–Crippen MR) is 63.9 cm³/mol. The summed E-state index contributed by atoms with van der Waals surface area (Å²) in [6.45, 7) is 6.86. The molecule has 0 amide bonds. The third-order valence-electron chi connectivity index (χ3n) is 2.51. The van der Waals surface area contributed by atoms with Crippen molar-refractivity contribution in [1.29, 1.82) is 0 Å². The van der Waals surface area contributed by atoms with Gasteiger partial charge in [0.05, 0.1) is 0 Å². The van der Waals surface area contributed by atoms with Gasteiger partial charge < -0.3 is 10.8 Å². The zero-order chi connectivity index (χ0) is 12.4. The standard InChI is InChI=1S/C10H21NO2.CH5N/c1-5-7-8(3)9(10(12)13)11(4)6-2;1-2/h8-9H,5-7H2,1-4H3,(H,12,13);2H2,1H3. The van der Waals surface area contributed by atoms with Crippen LogP contribution >= 0.6 is 0 Å². The van der Waals surface area contributed by atoms with Gasteiger partial charge in [0.15, 0.2) is 0 Å². The van der Waals surface area contributed by atoms with E-state index < -0.39 is 5.97 Å². The normalized spacial score (nSPS) is 14.1. The van der Waals surface area contributed by atoms with Gasteiger partial charge in [0, 0.05) is 0 Å². The molecule has 0 saturated carbocycles. The first-order valence-corrected chi connectivity index (χ1v) is 5.55. The molecule has 92 valence electrons. The lowest BCUT2D eigenvalue weighted by atomic mass is 9.96. The molecule has 15 heavy (non-hydrogen) atoms. The summed E-state index contributed by atoms with van der Waals surface area (Å²) in [5.74, 6) is -0.474. The fourth-order valence-electron chi connectivity index (χ4n) is 1.68. The minimum absolute atomic E-state index is 0.229. The van der Waals surface area contributed by atoms with E-state index in [-0.39, 0.29) is 12.0 Å². The molecule has 0 aliphatic heterocycles. The first-order valence-electron chi connectivity index (χ1n) is 5.55. The second-order valence-electron chi connectivity index (χ2n) is 3.62. The summed E-state index contributed by atoms with van der Waals surface area (Å²) in [4.78, 5) is 12.9. The molecule has 3 N–H and O–H groups in total. The van der Waals surface area contributed by atoms with Gasteiger partial charge in [-0.1, -0.05) is 27.2 Å². The van der Waals surface area contributed by atoms with Crippen molar-refractivity contribution >= 4 is 5.97 Å². The molecule has 2 unspecified atom stereocenters. The molecule has 2 atom stereocenters. The number of carboxylic acids is 1. The Hall–Kier alpha value is -0.610. The summed E-state index contributed by atoms with van der Waals surface area (Å²) in [6, 6.07) is -0.329.